The molecule has 4 rings (SSSR count). The number of Topliss-reactive ketones (excluding diaryl/α,β-unsaturated/α-hetero) is 1. The van der Waals surface area contributed by atoms with Gasteiger partial charge in [-0.05, 0) is 58.8 Å². The van der Waals surface area contributed by atoms with Gasteiger partial charge in [0.05, 0.1) is 0 Å². The molecule has 1 aromatic heterocycles. The summed E-state index contributed by atoms with van der Waals surface area (Å²) in [5, 5.41) is 0. The molecule has 5 heteroatoms. The number of amides is 1. The zero-order valence-corrected chi connectivity index (χ0v) is 15.4. The van der Waals surface area contributed by atoms with Crippen LogP contribution in [0, 0.1) is 0 Å². The van der Waals surface area contributed by atoms with Crippen LogP contribution >= 0.6 is 15.9 Å². The number of carbonyl (C=O) groups excluding carboxylic acids is 2. The van der Waals surface area contributed by atoms with Crippen molar-refractivity contribution in [3.63, 3.8) is 0 Å². The number of nitrogens with zero attached hydrogens (tertiary/aromatic N) is 2. The minimum atomic E-state index is -0.296. The van der Waals surface area contributed by atoms with Gasteiger partial charge in [0, 0.05) is 40.9 Å². The van der Waals surface area contributed by atoms with Crippen LogP contribution in [0.2, 0.25) is 0 Å². The number of rotatable bonds is 4. The molecule has 0 N–H and O–H groups in total. The fourth-order valence-electron chi connectivity index (χ4n) is 4.03. The summed E-state index contributed by atoms with van der Waals surface area (Å²) in [5.41, 5.74) is 2.92. The van der Waals surface area contributed by atoms with Crippen molar-refractivity contribution in [3.8, 4) is 11.1 Å². The zero-order chi connectivity index (χ0) is 17.4. The van der Waals surface area contributed by atoms with E-state index < -0.39 is 0 Å². The summed E-state index contributed by atoms with van der Waals surface area (Å²) in [7, 11) is 0. The lowest BCUT2D eigenvalue weighted by atomic mass is 10.0. The SMILES string of the molecule is O=C(Cc1ccc(-c2cncc(Br)c2)cc1)C(=O)N1C2CCC1CC2. The minimum Gasteiger partial charge on any atom is -0.330 e. The minimum absolute atomic E-state index is 0.172. The second kappa shape index (κ2) is 6.71. The molecule has 2 aliphatic heterocycles. The fourth-order valence-corrected chi connectivity index (χ4v) is 4.40. The summed E-state index contributed by atoms with van der Waals surface area (Å²) < 4.78 is 0.926. The molecule has 0 saturated carbocycles. The molecule has 128 valence electrons. The molecule has 1 amide bonds. The second-order valence-electron chi connectivity index (χ2n) is 6.86. The molecule has 2 aromatic rings. The van der Waals surface area contributed by atoms with Crippen molar-refractivity contribution in [2.75, 3.05) is 0 Å². The molecule has 25 heavy (non-hydrogen) atoms. The largest absolute Gasteiger partial charge is 0.330 e. The standard InChI is InChI=1S/C20H19BrN2O2/c21-16-10-15(11-22-12-16)14-3-1-13(2-4-14)9-19(24)20(25)23-17-5-6-18(23)8-7-17/h1-4,10-12,17-18H,5-9H2. The van der Waals surface area contributed by atoms with Crippen LogP contribution in [0.4, 0.5) is 0 Å². The lowest BCUT2D eigenvalue weighted by Gasteiger charge is -2.21. The Morgan fingerprint density at radius 2 is 1.64 bits per heavy atom. The summed E-state index contributed by atoms with van der Waals surface area (Å²) in [6.07, 6.45) is 7.94. The van der Waals surface area contributed by atoms with Gasteiger partial charge < -0.3 is 4.90 Å². The van der Waals surface area contributed by atoms with Crippen LogP contribution in [0.15, 0.2) is 47.2 Å². The average Bonchev–Trinajstić information content (AvgIpc) is 3.22. The van der Waals surface area contributed by atoms with Crippen molar-refractivity contribution in [1.29, 1.82) is 0 Å². The normalized spacial score (nSPS) is 21.6. The van der Waals surface area contributed by atoms with E-state index in [-0.39, 0.29) is 18.1 Å². The van der Waals surface area contributed by atoms with E-state index in [9.17, 15) is 9.59 Å². The van der Waals surface area contributed by atoms with Crippen molar-refractivity contribution in [2.24, 2.45) is 0 Å². The van der Waals surface area contributed by atoms with Gasteiger partial charge in [-0.25, -0.2) is 0 Å². The van der Waals surface area contributed by atoms with Gasteiger partial charge in [0.2, 0.25) is 5.78 Å². The maximum Gasteiger partial charge on any atom is 0.290 e. The maximum atomic E-state index is 12.5. The van der Waals surface area contributed by atoms with Crippen LogP contribution < -0.4 is 0 Å². The highest BCUT2D eigenvalue weighted by Gasteiger charge is 2.43. The Morgan fingerprint density at radius 3 is 2.24 bits per heavy atom. The van der Waals surface area contributed by atoms with Crippen LogP contribution in [-0.4, -0.2) is 33.7 Å². The van der Waals surface area contributed by atoms with E-state index in [0.717, 1.165) is 46.8 Å². The van der Waals surface area contributed by atoms with Crippen LogP contribution in [-0.2, 0) is 16.0 Å². The first-order valence-electron chi connectivity index (χ1n) is 8.67. The molecule has 1 aromatic carbocycles. The zero-order valence-electron chi connectivity index (χ0n) is 13.8. The Bertz CT molecular complexity index is 799. The van der Waals surface area contributed by atoms with E-state index in [1.54, 1.807) is 12.4 Å². The van der Waals surface area contributed by atoms with Crippen LogP contribution in [0.25, 0.3) is 11.1 Å². The number of ketones is 1. The second-order valence-corrected chi connectivity index (χ2v) is 7.78. The molecule has 4 nitrogen and oxygen atoms in total. The van der Waals surface area contributed by atoms with Crippen molar-refractivity contribution in [2.45, 2.75) is 44.2 Å². The van der Waals surface area contributed by atoms with Crippen molar-refractivity contribution in [1.82, 2.24) is 9.88 Å². The first-order valence-corrected chi connectivity index (χ1v) is 9.46. The van der Waals surface area contributed by atoms with Gasteiger partial charge in [-0.1, -0.05) is 24.3 Å². The molecule has 0 spiro atoms. The Balaban J connectivity index is 1.44. The molecule has 2 aliphatic rings. The average molecular weight is 399 g/mol. The molecule has 0 atom stereocenters. The number of hydrogen-bond donors (Lipinski definition) is 0. The van der Waals surface area contributed by atoms with E-state index in [1.165, 1.54) is 0 Å². The highest BCUT2D eigenvalue weighted by Crippen LogP contribution is 2.37. The highest BCUT2D eigenvalue weighted by atomic mass is 79.9. The Morgan fingerprint density at radius 1 is 1.00 bits per heavy atom. The summed E-state index contributed by atoms with van der Waals surface area (Å²) in [6, 6.07) is 10.4. The van der Waals surface area contributed by atoms with Crippen LogP contribution in [0.1, 0.15) is 31.2 Å². The Kier molecular flexibility index (Phi) is 4.42. The van der Waals surface area contributed by atoms with E-state index in [4.69, 9.17) is 0 Å². The fraction of sp³-hybridized carbons (Fsp3) is 0.350. The quantitative estimate of drug-likeness (QED) is 0.736. The number of fused-ring (bicyclic) bond motifs is 2. The van der Waals surface area contributed by atoms with Gasteiger partial charge in [-0.15, -0.1) is 0 Å². The van der Waals surface area contributed by atoms with Gasteiger partial charge in [0.25, 0.3) is 5.91 Å². The molecule has 0 aliphatic carbocycles. The number of halogens is 1. The molecule has 2 bridgehead atoms. The number of aromatic nitrogens is 1. The molecule has 2 fully saturated rings. The lowest BCUT2D eigenvalue weighted by molar-refractivity contribution is -0.145. The number of hydrogen-bond acceptors (Lipinski definition) is 3. The third-order valence-electron chi connectivity index (χ3n) is 5.28. The molecule has 0 unspecified atom stereocenters. The van der Waals surface area contributed by atoms with Crippen molar-refractivity contribution < 1.29 is 9.59 Å². The van der Waals surface area contributed by atoms with Crippen LogP contribution in [0.5, 0.6) is 0 Å². The lowest BCUT2D eigenvalue weighted by Crippen LogP contribution is -2.40. The molecule has 3 heterocycles. The highest BCUT2D eigenvalue weighted by molar-refractivity contribution is 9.10. The van der Waals surface area contributed by atoms with Gasteiger partial charge in [0.1, 0.15) is 0 Å². The third-order valence-corrected chi connectivity index (χ3v) is 5.72. The molecular weight excluding hydrogens is 380 g/mol. The predicted octanol–water partition coefficient (Wildman–Crippen LogP) is 3.78. The van der Waals surface area contributed by atoms with Gasteiger partial charge in [-0.2, -0.15) is 0 Å². The van der Waals surface area contributed by atoms with E-state index >= 15 is 0 Å². The van der Waals surface area contributed by atoms with Crippen molar-refractivity contribution in [3.05, 3.63) is 52.8 Å². The van der Waals surface area contributed by atoms with Gasteiger partial charge in [0.15, 0.2) is 0 Å². The summed E-state index contributed by atoms with van der Waals surface area (Å²) in [4.78, 5) is 30.9. The third kappa shape index (κ3) is 3.25. The molecular formula is C20H19BrN2O2. The summed E-state index contributed by atoms with van der Waals surface area (Å²) >= 11 is 3.42. The van der Waals surface area contributed by atoms with E-state index in [2.05, 4.69) is 20.9 Å². The van der Waals surface area contributed by atoms with E-state index in [0.29, 0.717) is 12.1 Å². The number of benzene rings is 1. The van der Waals surface area contributed by atoms with Crippen molar-refractivity contribution >= 4 is 27.6 Å². The topological polar surface area (TPSA) is 50.3 Å². The monoisotopic (exact) mass is 398 g/mol. The number of carbonyl (C=O) groups is 2. The molecule has 2 saturated heterocycles. The maximum absolute atomic E-state index is 12.5. The smallest absolute Gasteiger partial charge is 0.290 e. The predicted molar refractivity (Wildman–Crippen MR) is 99.0 cm³/mol. The van der Waals surface area contributed by atoms with E-state index in [1.807, 2.05) is 35.2 Å². The first kappa shape index (κ1) is 16.5. The first-order chi connectivity index (χ1) is 12.1. The molecule has 0 radical (unpaired) electrons. The summed E-state index contributed by atoms with van der Waals surface area (Å²) in [5.74, 6) is -0.582. The number of pyridine rings is 1. The van der Waals surface area contributed by atoms with Gasteiger partial charge >= 0.3 is 0 Å². The Hall–Kier alpha value is -2.01. The van der Waals surface area contributed by atoms with Gasteiger partial charge in [-0.3, -0.25) is 14.6 Å². The summed E-state index contributed by atoms with van der Waals surface area (Å²) in [6.45, 7) is 0. The van der Waals surface area contributed by atoms with Crippen LogP contribution in [0.3, 0.4) is 0 Å². The Labute approximate surface area is 155 Å².